The average molecular weight is 498 g/mol. The number of benzene rings is 1. The van der Waals surface area contributed by atoms with E-state index in [-0.39, 0.29) is 21.6 Å². The van der Waals surface area contributed by atoms with Gasteiger partial charge >= 0.3 is 0 Å². The fraction of sp³-hybridized carbons (Fsp3) is 0.476. The molecule has 1 unspecified atom stereocenters. The Balaban J connectivity index is 1.45. The van der Waals surface area contributed by atoms with Gasteiger partial charge in [0, 0.05) is 31.9 Å². The molecule has 2 aliphatic rings. The number of hydrogen-bond acceptors (Lipinski definition) is 6. The molecule has 8 nitrogen and oxygen atoms in total. The van der Waals surface area contributed by atoms with Crippen LogP contribution >= 0.6 is 11.3 Å². The zero-order valence-electron chi connectivity index (χ0n) is 17.6. The van der Waals surface area contributed by atoms with Crippen LogP contribution in [0.25, 0.3) is 0 Å². The van der Waals surface area contributed by atoms with E-state index in [4.69, 9.17) is 0 Å². The van der Waals surface area contributed by atoms with Gasteiger partial charge in [0.25, 0.3) is 10.0 Å². The minimum atomic E-state index is -3.61. The van der Waals surface area contributed by atoms with Gasteiger partial charge in [-0.2, -0.15) is 8.61 Å². The SMILES string of the molecule is O=C(Nc1cccc(S(=O)(=O)N2CCCCC2)c1)C1CCCN(S(=O)(=O)c2cccs2)C1. The highest BCUT2D eigenvalue weighted by atomic mass is 32.2. The van der Waals surface area contributed by atoms with E-state index in [0.29, 0.717) is 38.2 Å². The summed E-state index contributed by atoms with van der Waals surface area (Å²) in [7, 11) is -7.21. The second kappa shape index (κ2) is 9.60. The van der Waals surface area contributed by atoms with Gasteiger partial charge in [-0.25, -0.2) is 16.8 Å². The lowest BCUT2D eigenvalue weighted by atomic mass is 9.99. The van der Waals surface area contributed by atoms with Gasteiger partial charge in [0.05, 0.1) is 10.8 Å². The van der Waals surface area contributed by atoms with E-state index in [2.05, 4.69) is 5.32 Å². The first-order valence-electron chi connectivity index (χ1n) is 10.7. The summed E-state index contributed by atoms with van der Waals surface area (Å²) < 4.78 is 54.6. The molecule has 1 amide bonds. The molecule has 2 aliphatic heterocycles. The van der Waals surface area contributed by atoms with Crippen LogP contribution in [0.4, 0.5) is 5.69 Å². The van der Waals surface area contributed by atoms with Gasteiger partial charge in [0.2, 0.25) is 15.9 Å². The molecule has 0 bridgehead atoms. The molecule has 2 aromatic rings. The summed E-state index contributed by atoms with van der Waals surface area (Å²) in [6, 6.07) is 9.53. The molecule has 11 heteroatoms. The van der Waals surface area contributed by atoms with Crippen molar-refractivity contribution >= 4 is 43.0 Å². The van der Waals surface area contributed by atoms with Gasteiger partial charge in [-0.05, 0) is 55.3 Å². The number of nitrogens with one attached hydrogen (secondary N) is 1. The van der Waals surface area contributed by atoms with E-state index in [9.17, 15) is 21.6 Å². The third-order valence-electron chi connectivity index (χ3n) is 5.90. The molecule has 0 saturated carbocycles. The Morgan fingerprint density at radius 2 is 1.66 bits per heavy atom. The van der Waals surface area contributed by atoms with Gasteiger partial charge in [-0.15, -0.1) is 11.3 Å². The normalized spacial score (nSPS) is 21.3. The maximum Gasteiger partial charge on any atom is 0.252 e. The lowest BCUT2D eigenvalue weighted by molar-refractivity contribution is -0.120. The molecule has 0 spiro atoms. The highest BCUT2D eigenvalue weighted by Gasteiger charge is 2.34. The Labute approximate surface area is 193 Å². The van der Waals surface area contributed by atoms with Crippen LogP contribution in [0.2, 0.25) is 0 Å². The van der Waals surface area contributed by atoms with Crippen molar-refractivity contribution in [3.8, 4) is 0 Å². The molecular formula is C21H27N3O5S3. The van der Waals surface area contributed by atoms with E-state index in [1.807, 2.05) is 0 Å². The first kappa shape index (κ1) is 23.4. The summed E-state index contributed by atoms with van der Waals surface area (Å²) in [5, 5.41) is 4.51. The summed E-state index contributed by atoms with van der Waals surface area (Å²) in [6.07, 6.45) is 3.90. The predicted octanol–water partition coefficient (Wildman–Crippen LogP) is 2.96. The van der Waals surface area contributed by atoms with Gasteiger partial charge in [0.1, 0.15) is 4.21 Å². The largest absolute Gasteiger partial charge is 0.326 e. The monoisotopic (exact) mass is 497 g/mol. The molecule has 0 aliphatic carbocycles. The van der Waals surface area contributed by atoms with E-state index >= 15 is 0 Å². The molecule has 0 radical (unpaired) electrons. The Bertz CT molecular complexity index is 1160. The minimum Gasteiger partial charge on any atom is -0.326 e. The number of anilines is 1. The lowest BCUT2D eigenvalue weighted by Gasteiger charge is -2.30. The van der Waals surface area contributed by atoms with Gasteiger partial charge in [-0.3, -0.25) is 4.79 Å². The summed E-state index contributed by atoms with van der Waals surface area (Å²) in [5.41, 5.74) is 0.395. The molecular weight excluding hydrogens is 470 g/mol. The molecule has 2 saturated heterocycles. The highest BCUT2D eigenvalue weighted by molar-refractivity contribution is 7.91. The molecule has 32 heavy (non-hydrogen) atoms. The van der Waals surface area contributed by atoms with Crippen LogP contribution in [-0.2, 0) is 24.8 Å². The van der Waals surface area contributed by atoms with Crippen molar-refractivity contribution in [3.63, 3.8) is 0 Å². The third kappa shape index (κ3) is 4.91. The summed E-state index contributed by atoms with van der Waals surface area (Å²) in [6.45, 7) is 1.51. The fourth-order valence-corrected chi connectivity index (χ4v) is 8.38. The van der Waals surface area contributed by atoms with Gasteiger partial charge in [0.15, 0.2) is 0 Å². The Kier molecular flexibility index (Phi) is 7.01. The van der Waals surface area contributed by atoms with Gasteiger partial charge < -0.3 is 5.32 Å². The first-order valence-corrected chi connectivity index (χ1v) is 14.5. The van der Waals surface area contributed by atoms with E-state index < -0.39 is 26.0 Å². The summed E-state index contributed by atoms with van der Waals surface area (Å²) in [4.78, 5) is 13.1. The van der Waals surface area contributed by atoms with E-state index in [0.717, 1.165) is 30.6 Å². The second-order valence-corrected chi connectivity index (χ2v) is 13.2. The smallest absolute Gasteiger partial charge is 0.252 e. The highest BCUT2D eigenvalue weighted by Crippen LogP contribution is 2.28. The number of nitrogens with zero attached hydrogens (tertiary/aromatic N) is 2. The molecule has 2 fully saturated rings. The Morgan fingerprint density at radius 3 is 2.38 bits per heavy atom. The van der Waals surface area contributed by atoms with Crippen molar-refractivity contribution in [3.05, 3.63) is 41.8 Å². The summed E-state index contributed by atoms with van der Waals surface area (Å²) in [5.74, 6) is -0.801. The average Bonchev–Trinajstić information content (AvgIpc) is 3.36. The molecule has 1 aromatic carbocycles. The number of rotatable bonds is 6. The Hall–Kier alpha value is -1.79. The number of hydrogen-bond donors (Lipinski definition) is 1. The quantitative estimate of drug-likeness (QED) is 0.661. The van der Waals surface area contributed by atoms with Crippen molar-refractivity contribution in [2.75, 3.05) is 31.5 Å². The van der Waals surface area contributed by atoms with Crippen LogP contribution in [0.1, 0.15) is 32.1 Å². The van der Waals surface area contributed by atoms with Crippen LogP contribution in [0, 0.1) is 5.92 Å². The molecule has 1 aromatic heterocycles. The standard InChI is InChI=1S/C21H27N3O5S3/c25-21(17-7-5-13-24(16-17)32(28,29)20-10-6-14-30-20)22-18-8-4-9-19(15-18)31(26,27)23-11-2-1-3-12-23/h4,6,8-10,14-15,17H,1-3,5,7,11-13,16H2,(H,22,25). The number of sulfonamides is 2. The first-order chi connectivity index (χ1) is 15.3. The van der Waals surface area contributed by atoms with E-state index in [1.54, 1.807) is 29.6 Å². The van der Waals surface area contributed by atoms with Crippen LogP contribution in [0.5, 0.6) is 0 Å². The van der Waals surface area contributed by atoms with Crippen molar-refractivity contribution in [1.82, 2.24) is 8.61 Å². The number of thiophene rings is 1. The maximum atomic E-state index is 12.9. The third-order valence-corrected chi connectivity index (χ3v) is 11.0. The zero-order valence-corrected chi connectivity index (χ0v) is 20.1. The number of carbonyl (C=O) groups is 1. The molecule has 1 atom stereocenters. The maximum absolute atomic E-state index is 12.9. The Morgan fingerprint density at radius 1 is 0.906 bits per heavy atom. The van der Waals surface area contributed by atoms with Crippen molar-refractivity contribution in [1.29, 1.82) is 0 Å². The van der Waals surface area contributed by atoms with Crippen molar-refractivity contribution < 1.29 is 21.6 Å². The van der Waals surface area contributed by atoms with Crippen LogP contribution < -0.4 is 5.32 Å². The molecule has 1 N–H and O–H groups in total. The molecule has 4 rings (SSSR count). The van der Waals surface area contributed by atoms with Crippen molar-refractivity contribution in [2.24, 2.45) is 5.92 Å². The lowest BCUT2D eigenvalue weighted by Crippen LogP contribution is -2.43. The number of carbonyl (C=O) groups excluding carboxylic acids is 1. The molecule has 3 heterocycles. The van der Waals surface area contributed by atoms with Crippen LogP contribution in [0.15, 0.2) is 50.9 Å². The van der Waals surface area contributed by atoms with Crippen molar-refractivity contribution in [2.45, 2.75) is 41.2 Å². The minimum absolute atomic E-state index is 0.109. The topological polar surface area (TPSA) is 104 Å². The van der Waals surface area contributed by atoms with Gasteiger partial charge in [-0.1, -0.05) is 18.6 Å². The number of amides is 1. The predicted molar refractivity (Wildman–Crippen MR) is 123 cm³/mol. The fourth-order valence-electron chi connectivity index (χ4n) is 4.15. The van der Waals surface area contributed by atoms with Crippen LogP contribution in [0.3, 0.4) is 0 Å². The number of piperidine rings is 2. The van der Waals surface area contributed by atoms with E-state index in [1.165, 1.54) is 20.7 Å². The van der Waals surface area contributed by atoms with Crippen LogP contribution in [-0.4, -0.2) is 57.5 Å². The summed E-state index contributed by atoms with van der Waals surface area (Å²) >= 11 is 1.16. The molecule has 174 valence electrons. The zero-order chi connectivity index (χ0) is 22.8. The second-order valence-electron chi connectivity index (χ2n) is 8.12.